The standard InChI is InChI=1S/C23H25F2N5O2/c1-14-10-19-20(12-26-14)28-22(27-16-6-9-31-13-16)23(29-19)30-7-4-17(5-8-30)32-21-3-2-15(24)11-18(21)25/h2-3,10-12,16-17H,4-9,13H2,1H3,(H,27,28). The zero-order valence-corrected chi connectivity index (χ0v) is 17.9. The number of pyridine rings is 1. The van der Waals surface area contributed by atoms with Crippen LogP contribution in [0.4, 0.5) is 20.4 Å². The van der Waals surface area contributed by atoms with E-state index in [1.54, 1.807) is 6.20 Å². The molecular weight excluding hydrogens is 416 g/mol. The molecule has 2 aromatic heterocycles. The van der Waals surface area contributed by atoms with Crippen LogP contribution in [0.25, 0.3) is 11.0 Å². The SMILES string of the molecule is Cc1cc2nc(N3CCC(Oc4ccc(F)cc4F)CC3)c(NC3CCOC3)nc2cn1. The molecule has 9 heteroatoms. The molecule has 5 rings (SSSR count). The van der Waals surface area contributed by atoms with Crippen molar-refractivity contribution in [3.8, 4) is 5.75 Å². The van der Waals surface area contributed by atoms with Crippen LogP contribution >= 0.6 is 0 Å². The highest BCUT2D eigenvalue weighted by molar-refractivity contribution is 5.80. The summed E-state index contributed by atoms with van der Waals surface area (Å²) in [5, 5.41) is 3.49. The van der Waals surface area contributed by atoms with E-state index in [2.05, 4.69) is 15.2 Å². The van der Waals surface area contributed by atoms with Gasteiger partial charge in [0.2, 0.25) is 0 Å². The number of nitrogens with one attached hydrogen (secondary N) is 1. The lowest BCUT2D eigenvalue weighted by Gasteiger charge is -2.34. The van der Waals surface area contributed by atoms with E-state index in [1.807, 2.05) is 13.0 Å². The molecule has 0 spiro atoms. The number of nitrogens with zero attached hydrogens (tertiary/aromatic N) is 4. The Bertz CT molecular complexity index is 1110. The quantitative estimate of drug-likeness (QED) is 0.645. The summed E-state index contributed by atoms with van der Waals surface area (Å²) in [7, 11) is 0. The number of anilines is 2. The van der Waals surface area contributed by atoms with Crippen molar-refractivity contribution < 1.29 is 18.3 Å². The fraction of sp³-hybridized carbons (Fsp3) is 0.435. The van der Waals surface area contributed by atoms with E-state index in [-0.39, 0.29) is 17.9 Å². The maximum absolute atomic E-state index is 14.0. The Kier molecular flexibility index (Phi) is 5.73. The number of piperidine rings is 1. The first-order chi connectivity index (χ1) is 15.5. The summed E-state index contributed by atoms with van der Waals surface area (Å²) in [5.41, 5.74) is 2.43. The van der Waals surface area contributed by atoms with Gasteiger partial charge in [0.25, 0.3) is 0 Å². The Hall–Kier alpha value is -3.07. The van der Waals surface area contributed by atoms with Gasteiger partial charge in [0.15, 0.2) is 23.2 Å². The number of fused-ring (bicyclic) bond motifs is 1. The predicted octanol–water partition coefficient (Wildman–Crippen LogP) is 3.86. The number of aryl methyl sites for hydroxylation is 1. The molecule has 7 nitrogen and oxygen atoms in total. The Labute approximate surface area is 184 Å². The molecule has 1 N–H and O–H groups in total. The summed E-state index contributed by atoms with van der Waals surface area (Å²) in [5.74, 6) is 0.311. The van der Waals surface area contributed by atoms with Crippen molar-refractivity contribution in [3.63, 3.8) is 0 Å². The van der Waals surface area contributed by atoms with Gasteiger partial charge in [0.05, 0.1) is 24.4 Å². The molecule has 32 heavy (non-hydrogen) atoms. The number of benzene rings is 1. The number of halogens is 2. The molecule has 1 atom stereocenters. The Morgan fingerprint density at radius 3 is 2.69 bits per heavy atom. The van der Waals surface area contributed by atoms with Crippen LogP contribution < -0.4 is 15.0 Å². The second-order valence-electron chi connectivity index (χ2n) is 8.29. The molecule has 3 aromatic rings. The molecule has 2 aliphatic rings. The molecule has 0 radical (unpaired) electrons. The minimum atomic E-state index is -0.679. The van der Waals surface area contributed by atoms with Crippen LogP contribution in [-0.4, -0.2) is 53.4 Å². The summed E-state index contributed by atoms with van der Waals surface area (Å²) in [4.78, 5) is 16.3. The number of aromatic nitrogens is 3. The van der Waals surface area contributed by atoms with Gasteiger partial charge in [0.1, 0.15) is 17.4 Å². The highest BCUT2D eigenvalue weighted by Gasteiger charge is 2.26. The summed E-state index contributed by atoms with van der Waals surface area (Å²) in [6.07, 6.45) is 3.90. The lowest BCUT2D eigenvalue weighted by Crippen LogP contribution is -2.39. The minimum Gasteiger partial charge on any atom is -0.487 e. The number of rotatable bonds is 5. The molecule has 2 aliphatic heterocycles. The molecule has 0 aliphatic carbocycles. The third-order valence-corrected chi connectivity index (χ3v) is 5.87. The highest BCUT2D eigenvalue weighted by Crippen LogP contribution is 2.30. The molecule has 168 valence electrons. The van der Waals surface area contributed by atoms with Crippen LogP contribution in [0.1, 0.15) is 25.0 Å². The predicted molar refractivity (Wildman–Crippen MR) is 117 cm³/mol. The minimum absolute atomic E-state index is 0.0851. The van der Waals surface area contributed by atoms with E-state index in [0.717, 1.165) is 47.5 Å². The van der Waals surface area contributed by atoms with Crippen LogP contribution in [-0.2, 0) is 4.74 Å². The van der Waals surface area contributed by atoms with Crippen molar-refractivity contribution >= 4 is 22.7 Å². The molecule has 4 heterocycles. The highest BCUT2D eigenvalue weighted by atomic mass is 19.1. The van der Waals surface area contributed by atoms with Crippen LogP contribution in [0.5, 0.6) is 5.75 Å². The monoisotopic (exact) mass is 441 g/mol. The van der Waals surface area contributed by atoms with Gasteiger partial charge in [-0.15, -0.1) is 0 Å². The average Bonchev–Trinajstić information content (AvgIpc) is 3.29. The lowest BCUT2D eigenvalue weighted by molar-refractivity contribution is 0.163. The van der Waals surface area contributed by atoms with Crippen molar-refractivity contribution in [1.82, 2.24) is 15.0 Å². The largest absolute Gasteiger partial charge is 0.487 e. The Morgan fingerprint density at radius 1 is 1.09 bits per heavy atom. The molecule has 1 aromatic carbocycles. The zero-order chi connectivity index (χ0) is 22.1. The van der Waals surface area contributed by atoms with Crippen LogP contribution in [0.2, 0.25) is 0 Å². The van der Waals surface area contributed by atoms with Crippen LogP contribution in [0.15, 0.2) is 30.5 Å². The van der Waals surface area contributed by atoms with Crippen LogP contribution in [0, 0.1) is 18.6 Å². The molecule has 2 fully saturated rings. The average molecular weight is 441 g/mol. The Balaban J connectivity index is 1.35. The van der Waals surface area contributed by atoms with Gasteiger partial charge in [0, 0.05) is 44.3 Å². The van der Waals surface area contributed by atoms with E-state index in [0.29, 0.717) is 32.5 Å². The molecular formula is C23H25F2N5O2. The van der Waals surface area contributed by atoms with Crippen molar-refractivity contribution in [3.05, 3.63) is 47.8 Å². The van der Waals surface area contributed by atoms with Crippen molar-refractivity contribution in [2.45, 2.75) is 38.3 Å². The molecule has 0 bridgehead atoms. The van der Waals surface area contributed by atoms with E-state index < -0.39 is 11.6 Å². The van der Waals surface area contributed by atoms with E-state index in [9.17, 15) is 8.78 Å². The lowest BCUT2D eigenvalue weighted by atomic mass is 10.1. The van der Waals surface area contributed by atoms with Gasteiger partial charge in [-0.1, -0.05) is 0 Å². The van der Waals surface area contributed by atoms with E-state index in [1.165, 1.54) is 12.1 Å². The third-order valence-electron chi connectivity index (χ3n) is 5.87. The zero-order valence-electron chi connectivity index (χ0n) is 17.9. The van der Waals surface area contributed by atoms with E-state index in [4.69, 9.17) is 19.4 Å². The smallest absolute Gasteiger partial charge is 0.172 e. The van der Waals surface area contributed by atoms with Gasteiger partial charge in [-0.2, -0.15) is 0 Å². The first-order valence-electron chi connectivity index (χ1n) is 10.9. The summed E-state index contributed by atoms with van der Waals surface area (Å²) < 4.78 is 38.4. The maximum atomic E-state index is 14.0. The first kappa shape index (κ1) is 20.8. The van der Waals surface area contributed by atoms with Crippen molar-refractivity contribution in [1.29, 1.82) is 0 Å². The van der Waals surface area contributed by atoms with E-state index >= 15 is 0 Å². The van der Waals surface area contributed by atoms with Crippen molar-refractivity contribution in [2.24, 2.45) is 0 Å². The number of hydrogen-bond donors (Lipinski definition) is 1. The maximum Gasteiger partial charge on any atom is 0.172 e. The number of hydrogen-bond acceptors (Lipinski definition) is 7. The molecule has 0 saturated carbocycles. The summed E-state index contributed by atoms with van der Waals surface area (Å²) in [6.45, 7) is 4.68. The Morgan fingerprint density at radius 2 is 1.94 bits per heavy atom. The topological polar surface area (TPSA) is 72.4 Å². The normalized spacial score (nSPS) is 19.5. The molecule has 0 amide bonds. The van der Waals surface area contributed by atoms with Gasteiger partial charge in [-0.3, -0.25) is 4.98 Å². The van der Waals surface area contributed by atoms with Gasteiger partial charge < -0.3 is 19.7 Å². The second-order valence-corrected chi connectivity index (χ2v) is 8.29. The first-order valence-corrected chi connectivity index (χ1v) is 10.9. The molecule has 1 unspecified atom stereocenters. The van der Waals surface area contributed by atoms with Crippen molar-refractivity contribution in [2.75, 3.05) is 36.5 Å². The fourth-order valence-electron chi connectivity index (χ4n) is 4.15. The number of ether oxygens (including phenoxy) is 2. The fourth-order valence-corrected chi connectivity index (χ4v) is 4.15. The van der Waals surface area contributed by atoms with Gasteiger partial charge >= 0.3 is 0 Å². The van der Waals surface area contributed by atoms with Crippen LogP contribution in [0.3, 0.4) is 0 Å². The third kappa shape index (κ3) is 4.43. The summed E-state index contributed by atoms with van der Waals surface area (Å²) in [6, 6.07) is 5.52. The molecule has 2 saturated heterocycles. The van der Waals surface area contributed by atoms with Gasteiger partial charge in [-0.25, -0.2) is 18.7 Å². The van der Waals surface area contributed by atoms with Gasteiger partial charge in [-0.05, 0) is 31.5 Å². The second kappa shape index (κ2) is 8.82. The summed E-state index contributed by atoms with van der Waals surface area (Å²) >= 11 is 0.